The van der Waals surface area contributed by atoms with Gasteiger partial charge in [-0.3, -0.25) is 14.9 Å². The molecule has 1 saturated heterocycles. The average molecular weight is 392 g/mol. The molecule has 3 rings (SSSR count). The maximum absolute atomic E-state index is 12.9. The molecule has 0 unspecified atom stereocenters. The molecule has 27 heavy (non-hydrogen) atoms. The zero-order valence-electron chi connectivity index (χ0n) is 14.6. The van der Waals surface area contributed by atoms with Crippen LogP contribution in [0.4, 0.5) is 17.1 Å². The summed E-state index contributed by atoms with van der Waals surface area (Å²) in [6.07, 6.45) is 0. The molecule has 142 valence electrons. The molecule has 0 saturated carbocycles. The van der Waals surface area contributed by atoms with Gasteiger partial charge in [0.25, 0.3) is 11.6 Å². The van der Waals surface area contributed by atoms with Crippen LogP contribution in [-0.4, -0.2) is 44.2 Å². The van der Waals surface area contributed by atoms with Gasteiger partial charge in [-0.2, -0.15) is 0 Å². The number of amides is 1. The number of halogens is 1. The van der Waals surface area contributed by atoms with E-state index in [1.54, 1.807) is 24.3 Å². The van der Waals surface area contributed by atoms with Gasteiger partial charge in [-0.25, -0.2) is 0 Å². The minimum Gasteiger partial charge on any atom is -0.495 e. The third kappa shape index (κ3) is 4.29. The maximum Gasteiger partial charge on any atom is 0.270 e. The standard InChI is InChI=1S/C18H18ClN3O5/c1-26-17-5-2-12(10-15(17)19)20-18(23)14-11-13(22(24)25)3-4-16(14)21-6-8-27-9-7-21/h2-5,10-11H,6-9H2,1H3,(H,20,23). The van der Waals surface area contributed by atoms with E-state index in [2.05, 4.69) is 5.32 Å². The van der Waals surface area contributed by atoms with E-state index in [0.717, 1.165) is 0 Å². The van der Waals surface area contributed by atoms with Crippen molar-refractivity contribution in [2.24, 2.45) is 0 Å². The van der Waals surface area contributed by atoms with Crippen molar-refractivity contribution in [2.75, 3.05) is 43.6 Å². The first-order valence-electron chi connectivity index (χ1n) is 8.25. The zero-order valence-corrected chi connectivity index (χ0v) is 15.4. The fraction of sp³-hybridized carbons (Fsp3) is 0.278. The Balaban J connectivity index is 1.92. The van der Waals surface area contributed by atoms with E-state index >= 15 is 0 Å². The van der Waals surface area contributed by atoms with Crippen molar-refractivity contribution in [2.45, 2.75) is 0 Å². The van der Waals surface area contributed by atoms with Crippen LogP contribution in [0, 0.1) is 10.1 Å². The van der Waals surface area contributed by atoms with E-state index in [4.69, 9.17) is 21.1 Å². The van der Waals surface area contributed by atoms with Gasteiger partial charge in [0.2, 0.25) is 0 Å². The second kappa shape index (κ2) is 8.24. The molecule has 1 fully saturated rings. The second-order valence-electron chi connectivity index (χ2n) is 5.86. The van der Waals surface area contributed by atoms with Crippen molar-refractivity contribution in [1.82, 2.24) is 0 Å². The first-order chi connectivity index (χ1) is 13.0. The predicted octanol–water partition coefficient (Wildman–Crippen LogP) is 3.35. The molecule has 0 radical (unpaired) electrons. The molecule has 0 aliphatic carbocycles. The van der Waals surface area contributed by atoms with E-state index in [-0.39, 0.29) is 11.3 Å². The molecule has 1 aliphatic heterocycles. The minimum atomic E-state index is -0.524. The summed E-state index contributed by atoms with van der Waals surface area (Å²) in [5.74, 6) is 0.0282. The molecule has 9 heteroatoms. The van der Waals surface area contributed by atoms with Crippen molar-refractivity contribution < 1.29 is 19.2 Å². The van der Waals surface area contributed by atoms with Gasteiger partial charge in [-0.15, -0.1) is 0 Å². The van der Waals surface area contributed by atoms with Crippen molar-refractivity contribution in [3.63, 3.8) is 0 Å². The Morgan fingerprint density at radius 1 is 1.26 bits per heavy atom. The van der Waals surface area contributed by atoms with Crippen LogP contribution in [0.5, 0.6) is 5.75 Å². The molecular weight excluding hydrogens is 374 g/mol. The Morgan fingerprint density at radius 2 is 2.00 bits per heavy atom. The number of carbonyl (C=O) groups is 1. The zero-order chi connectivity index (χ0) is 19.4. The number of nitrogens with zero attached hydrogens (tertiary/aromatic N) is 2. The number of nitro groups is 1. The molecule has 0 atom stereocenters. The topological polar surface area (TPSA) is 93.9 Å². The molecule has 1 heterocycles. The van der Waals surface area contributed by atoms with Gasteiger partial charge in [0.1, 0.15) is 5.75 Å². The van der Waals surface area contributed by atoms with Gasteiger partial charge in [0.05, 0.1) is 41.5 Å². The Hall–Kier alpha value is -2.84. The third-order valence-corrected chi connectivity index (χ3v) is 4.49. The van der Waals surface area contributed by atoms with Gasteiger partial charge in [-0.05, 0) is 24.3 Å². The van der Waals surface area contributed by atoms with E-state index in [0.29, 0.717) is 48.5 Å². The summed E-state index contributed by atoms with van der Waals surface area (Å²) in [6.45, 7) is 2.27. The monoisotopic (exact) mass is 391 g/mol. The van der Waals surface area contributed by atoms with E-state index < -0.39 is 10.8 Å². The molecule has 1 aliphatic rings. The van der Waals surface area contributed by atoms with Crippen LogP contribution in [0.2, 0.25) is 5.02 Å². The number of rotatable bonds is 5. The molecule has 0 spiro atoms. The largest absolute Gasteiger partial charge is 0.495 e. The van der Waals surface area contributed by atoms with E-state index in [1.165, 1.54) is 19.2 Å². The number of anilines is 2. The average Bonchev–Trinajstić information content (AvgIpc) is 2.68. The first-order valence-corrected chi connectivity index (χ1v) is 8.63. The number of ether oxygens (including phenoxy) is 2. The van der Waals surface area contributed by atoms with Crippen LogP contribution in [-0.2, 0) is 4.74 Å². The lowest BCUT2D eigenvalue weighted by Crippen LogP contribution is -2.37. The lowest BCUT2D eigenvalue weighted by Gasteiger charge is -2.30. The van der Waals surface area contributed by atoms with Crippen molar-refractivity contribution in [3.05, 3.63) is 57.1 Å². The van der Waals surface area contributed by atoms with Gasteiger partial charge < -0.3 is 19.7 Å². The molecule has 0 aromatic heterocycles. The van der Waals surface area contributed by atoms with E-state index in [1.807, 2.05) is 4.90 Å². The molecule has 1 amide bonds. The van der Waals surface area contributed by atoms with Crippen LogP contribution in [0.3, 0.4) is 0 Å². The predicted molar refractivity (Wildman–Crippen MR) is 102 cm³/mol. The number of carbonyl (C=O) groups excluding carboxylic acids is 1. The second-order valence-corrected chi connectivity index (χ2v) is 6.27. The minimum absolute atomic E-state index is 0.148. The van der Waals surface area contributed by atoms with Crippen molar-refractivity contribution >= 4 is 34.6 Å². The quantitative estimate of drug-likeness (QED) is 0.620. The first kappa shape index (κ1) is 18.9. The summed E-state index contributed by atoms with van der Waals surface area (Å²) >= 11 is 6.09. The van der Waals surface area contributed by atoms with Crippen LogP contribution < -0.4 is 15.0 Å². The maximum atomic E-state index is 12.9. The van der Waals surface area contributed by atoms with Crippen LogP contribution >= 0.6 is 11.6 Å². The number of non-ortho nitro benzene ring substituents is 1. The number of hydrogen-bond acceptors (Lipinski definition) is 6. The fourth-order valence-corrected chi connectivity index (χ4v) is 3.10. The highest BCUT2D eigenvalue weighted by Gasteiger charge is 2.22. The SMILES string of the molecule is COc1ccc(NC(=O)c2cc([N+](=O)[O-])ccc2N2CCOCC2)cc1Cl. The van der Waals surface area contributed by atoms with Gasteiger partial charge in [0.15, 0.2) is 0 Å². The highest BCUT2D eigenvalue weighted by molar-refractivity contribution is 6.32. The molecular formula is C18H18ClN3O5. The van der Waals surface area contributed by atoms with Gasteiger partial charge >= 0.3 is 0 Å². The summed E-state index contributed by atoms with van der Waals surface area (Å²) in [5.41, 5.74) is 1.16. The highest BCUT2D eigenvalue weighted by Crippen LogP contribution is 2.30. The fourth-order valence-electron chi connectivity index (χ4n) is 2.84. The summed E-state index contributed by atoms with van der Waals surface area (Å²) in [5, 5.41) is 14.2. The Morgan fingerprint density at radius 3 is 2.63 bits per heavy atom. The molecule has 2 aromatic carbocycles. The number of morpholine rings is 1. The molecule has 0 bridgehead atoms. The van der Waals surface area contributed by atoms with E-state index in [9.17, 15) is 14.9 Å². The smallest absolute Gasteiger partial charge is 0.270 e. The van der Waals surface area contributed by atoms with Gasteiger partial charge in [-0.1, -0.05) is 11.6 Å². The van der Waals surface area contributed by atoms with Gasteiger partial charge in [0, 0.05) is 30.9 Å². The normalized spacial score (nSPS) is 13.9. The van der Waals surface area contributed by atoms with Crippen LogP contribution in [0.1, 0.15) is 10.4 Å². The number of benzene rings is 2. The summed E-state index contributed by atoms with van der Waals surface area (Å²) in [4.78, 5) is 25.4. The Kier molecular flexibility index (Phi) is 5.78. The summed E-state index contributed by atoms with van der Waals surface area (Å²) in [6, 6.07) is 9.11. The number of nitro benzene ring substituents is 1. The summed E-state index contributed by atoms with van der Waals surface area (Å²) < 4.78 is 10.4. The molecule has 1 N–H and O–H groups in total. The van der Waals surface area contributed by atoms with Crippen molar-refractivity contribution in [1.29, 1.82) is 0 Å². The highest BCUT2D eigenvalue weighted by atomic mass is 35.5. The number of methoxy groups -OCH3 is 1. The Labute approximate surface area is 160 Å². The number of nitrogens with one attached hydrogen (secondary N) is 1. The molecule has 2 aromatic rings. The third-order valence-electron chi connectivity index (χ3n) is 4.20. The lowest BCUT2D eigenvalue weighted by atomic mass is 10.1. The van der Waals surface area contributed by atoms with Crippen molar-refractivity contribution in [3.8, 4) is 5.75 Å². The molecule has 8 nitrogen and oxygen atoms in total. The van der Waals surface area contributed by atoms with Crippen LogP contribution in [0.25, 0.3) is 0 Å². The number of hydrogen-bond donors (Lipinski definition) is 1. The lowest BCUT2D eigenvalue weighted by molar-refractivity contribution is -0.384. The van der Waals surface area contributed by atoms with Crippen LogP contribution in [0.15, 0.2) is 36.4 Å². The Bertz CT molecular complexity index is 868. The summed E-state index contributed by atoms with van der Waals surface area (Å²) in [7, 11) is 1.50.